The number of aromatic nitrogens is 2. The van der Waals surface area contributed by atoms with E-state index >= 15 is 0 Å². The molecule has 86 valence electrons. The lowest BCUT2D eigenvalue weighted by Crippen LogP contribution is -2.48. The van der Waals surface area contributed by atoms with Gasteiger partial charge in [-0.05, 0) is 6.26 Å². The Kier molecular flexibility index (Phi) is 3.14. The van der Waals surface area contributed by atoms with Gasteiger partial charge in [0.1, 0.15) is 11.6 Å². The first-order valence-corrected chi connectivity index (χ1v) is 6.11. The number of nitrogens with one attached hydrogen (secondary N) is 1. The predicted octanol–water partition coefficient (Wildman–Crippen LogP) is -0.283. The minimum absolute atomic E-state index is 0.00846. The van der Waals surface area contributed by atoms with E-state index in [-0.39, 0.29) is 5.91 Å². The minimum Gasteiger partial charge on any atom is -0.383 e. The molecule has 0 unspecified atom stereocenters. The highest BCUT2D eigenvalue weighted by atomic mass is 32.2. The van der Waals surface area contributed by atoms with Crippen molar-refractivity contribution < 1.29 is 4.79 Å². The zero-order valence-corrected chi connectivity index (χ0v) is 9.75. The Morgan fingerprint density at radius 3 is 3.06 bits per heavy atom. The van der Waals surface area contributed by atoms with Crippen LogP contribution in [0, 0.1) is 0 Å². The summed E-state index contributed by atoms with van der Waals surface area (Å²) in [6.07, 6.45) is 1.89. The van der Waals surface area contributed by atoms with Gasteiger partial charge in [-0.25, -0.2) is 9.97 Å². The van der Waals surface area contributed by atoms with Gasteiger partial charge in [0.15, 0.2) is 5.16 Å². The molecule has 0 bridgehead atoms. The summed E-state index contributed by atoms with van der Waals surface area (Å²) in [6, 6.07) is 1.69. The lowest BCUT2D eigenvalue weighted by atomic mass is 10.3. The number of rotatable bonds is 2. The molecule has 3 N–H and O–H groups in total. The van der Waals surface area contributed by atoms with Crippen LogP contribution in [0.3, 0.4) is 0 Å². The molecule has 1 aliphatic rings. The van der Waals surface area contributed by atoms with Gasteiger partial charge in [0.05, 0.1) is 6.54 Å². The second kappa shape index (κ2) is 4.56. The number of carbonyl (C=O) groups is 1. The van der Waals surface area contributed by atoms with E-state index in [1.807, 2.05) is 11.2 Å². The van der Waals surface area contributed by atoms with E-state index in [9.17, 15) is 4.79 Å². The largest absolute Gasteiger partial charge is 0.383 e. The average Bonchev–Trinajstić information content (AvgIpc) is 2.28. The lowest BCUT2D eigenvalue weighted by molar-refractivity contribution is -0.120. The number of hydrogen-bond acceptors (Lipinski definition) is 6. The number of carbonyl (C=O) groups excluding carboxylic acids is 1. The standard InChI is InChI=1S/C9H13N5OS/c1-16-9-12-6(10)4-7(13-9)14-3-2-11-8(15)5-14/h4H,2-3,5H2,1H3,(H,11,15)(H2,10,12,13). The van der Waals surface area contributed by atoms with Crippen molar-refractivity contribution in [3.05, 3.63) is 6.07 Å². The predicted molar refractivity (Wildman–Crippen MR) is 63.4 cm³/mol. The monoisotopic (exact) mass is 239 g/mol. The highest BCUT2D eigenvalue weighted by Gasteiger charge is 2.18. The molecule has 0 saturated carbocycles. The van der Waals surface area contributed by atoms with E-state index in [4.69, 9.17) is 5.73 Å². The van der Waals surface area contributed by atoms with Crippen molar-refractivity contribution in [2.75, 3.05) is 36.5 Å². The molecule has 0 radical (unpaired) electrons. The van der Waals surface area contributed by atoms with Gasteiger partial charge in [0, 0.05) is 19.2 Å². The average molecular weight is 239 g/mol. The fraction of sp³-hybridized carbons (Fsp3) is 0.444. The van der Waals surface area contributed by atoms with E-state index in [0.29, 0.717) is 29.9 Å². The van der Waals surface area contributed by atoms with Gasteiger partial charge in [-0.1, -0.05) is 11.8 Å². The second-order valence-electron chi connectivity index (χ2n) is 3.41. The zero-order chi connectivity index (χ0) is 11.5. The van der Waals surface area contributed by atoms with Crippen molar-refractivity contribution in [1.82, 2.24) is 15.3 Å². The molecule has 7 heteroatoms. The molecule has 1 aromatic rings. The first-order chi connectivity index (χ1) is 7.69. The second-order valence-corrected chi connectivity index (χ2v) is 4.18. The quantitative estimate of drug-likeness (QED) is 0.545. The highest BCUT2D eigenvalue weighted by molar-refractivity contribution is 7.98. The van der Waals surface area contributed by atoms with Crippen LogP contribution in [0.25, 0.3) is 0 Å². The molecule has 16 heavy (non-hydrogen) atoms. The van der Waals surface area contributed by atoms with Crippen LogP contribution in [-0.4, -0.2) is 41.8 Å². The van der Waals surface area contributed by atoms with Crippen LogP contribution in [-0.2, 0) is 4.79 Å². The Bertz CT molecular complexity index is 411. The van der Waals surface area contributed by atoms with Crippen molar-refractivity contribution in [2.45, 2.75) is 5.16 Å². The molecular weight excluding hydrogens is 226 g/mol. The molecule has 2 rings (SSSR count). The minimum atomic E-state index is 0.00846. The van der Waals surface area contributed by atoms with Crippen LogP contribution >= 0.6 is 11.8 Å². The number of piperazine rings is 1. The summed E-state index contributed by atoms with van der Waals surface area (Å²) in [7, 11) is 0. The maximum Gasteiger partial charge on any atom is 0.239 e. The molecule has 1 amide bonds. The van der Waals surface area contributed by atoms with E-state index in [1.165, 1.54) is 11.8 Å². The van der Waals surface area contributed by atoms with E-state index in [0.717, 1.165) is 6.54 Å². The maximum atomic E-state index is 11.3. The number of nitrogen functional groups attached to an aromatic ring is 1. The highest BCUT2D eigenvalue weighted by Crippen LogP contribution is 2.18. The van der Waals surface area contributed by atoms with Gasteiger partial charge in [-0.15, -0.1) is 0 Å². The third-order valence-electron chi connectivity index (χ3n) is 2.26. The summed E-state index contributed by atoms with van der Waals surface area (Å²) in [5.74, 6) is 1.15. The van der Waals surface area contributed by atoms with Gasteiger partial charge in [0.2, 0.25) is 5.91 Å². The van der Waals surface area contributed by atoms with Gasteiger partial charge < -0.3 is 16.0 Å². The Hall–Kier alpha value is -1.50. The molecule has 1 fully saturated rings. The van der Waals surface area contributed by atoms with Gasteiger partial charge in [0.25, 0.3) is 0 Å². The molecule has 1 aromatic heterocycles. The summed E-state index contributed by atoms with van der Waals surface area (Å²) < 4.78 is 0. The van der Waals surface area contributed by atoms with Crippen LogP contribution < -0.4 is 16.0 Å². The summed E-state index contributed by atoms with van der Waals surface area (Å²) in [4.78, 5) is 21.5. The zero-order valence-electron chi connectivity index (χ0n) is 8.93. The first-order valence-electron chi connectivity index (χ1n) is 4.89. The maximum absolute atomic E-state index is 11.3. The number of anilines is 2. The van der Waals surface area contributed by atoms with Crippen molar-refractivity contribution >= 4 is 29.3 Å². The summed E-state index contributed by atoms with van der Waals surface area (Å²) >= 11 is 1.43. The van der Waals surface area contributed by atoms with Crippen LogP contribution in [0.15, 0.2) is 11.2 Å². The molecule has 0 aromatic carbocycles. The van der Waals surface area contributed by atoms with Gasteiger partial charge >= 0.3 is 0 Å². The number of nitrogens with two attached hydrogens (primary N) is 1. The van der Waals surface area contributed by atoms with Crippen LogP contribution in [0.2, 0.25) is 0 Å². The lowest BCUT2D eigenvalue weighted by Gasteiger charge is -2.27. The molecule has 2 heterocycles. The Morgan fingerprint density at radius 1 is 1.56 bits per heavy atom. The van der Waals surface area contributed by atoms with Crippen molar-refractivity contribution in [1.29, 1.82) is 0 Å². The summed E-state index contributed by atoms with van der Waals surface area (Å²) in [6.45, 7) is 1.71. The molecule has 1 aliphatic heterocycles. The SMILES string of the molecule is CSc1nc(N)cc(N2CCNC(=O)C2)n1. The fourth-order valence-corrected chi connectivity index (χ4v) is 1.90. The Labute approximate surface area is 97.6 Å². The Morgan fingerprint density at radius 2 is 2.38 bits per heavy atom. The summed E-state index contributed by atoms with van der Waals surface area (Å²) in [5, 5.41) is 3.39. The Balaban J connectivity index is 2.24. The molecule has 6 nitrogen and oxygen atoms in total. The summed E-state index contributed by atoms with van der Waals surface area (Å²) in [5.41, 5.74) is 5.68. The van der Waals surface area contributed by atoms with Crippen molar-refractivity contribution in [3.63, 3.8) is 0 Å². The molecule has 1 saturated heterocycles. The van der Waals surface area contributed by atoms with E-state index in [1.54, 1.807) is 6.07 Å². The molecule has 0 aliphatic carbocycles. The number of hydrogen-bond donors (Lipinski definition) is 2. The third kappa shape index (κ3) is 2.35. The van der Waals surface area contributed by atoms with Crippen LogP contribution in [0.5, 0.6) is 0 Å². The molecule has 0 spiro atoms. The number of amides is 1. The molecule has 0 atom stereocenters. The number of nitrogens with zero attached hydrogens (tertiary/aromatic N) is 3. The van der Waals surface area contributed by atoms with Crippen LogP contribution in [0.4, 0.5) is 11.6 Å². The molecular formula is C9H13N5OS. The third-order valence-corrected chi connectivity index (χ3v) is 2.80. The first kappa shape index (κ1) is 11.0. The van der Waals surface area contributed by atoms with Crippen molar-refractivity contribution in [2.24, 2.45) is 0 Å². The van der Waals surface area contributed by atoms with Gasteiger partial charge in [-0.2, -0.15) is 0 Å². The van der Waals surface area contributed by atoms with Crippen LogP contribution in [0.1, 0.15) is 0 Å². The smallest absolute Gasteiger partial charge is 0.239 e. The van der Waals surface area contributed by atoms with Crippen molar-refractivity contribution in [3.8, 4) is 0 Å². The fourth-order valence-electron chi connectivity index (χ4n) is 1.52. The normalized spacial score (nSPS) is 16.1. The van der Waals surface area contributed by atoms with E-state index in [2.05, 4.69) is 15.3 Å². The van der Waals surface area contributed by atoms with Gasteiger partial charge in [-0.3, -0.25) is 4.79 Å². The van der Waals surface area contributed by atoms with E-state index < -0.39 is 0 Å². The number of thioether (sulfide) groups is 1. The topological polar surface area (TPSA) is 84.1 Å².